The smallest absolute Gasteiger partial charge is 0.351 e. The summed E-state index contributed by atoms with van der Waals surface area (Å²) in [6.45, 7) is 0.245. The fraction of sp³-hybridized carbons (Fsp3) is 0.600. The van der Waals surface area contributed by atoms with Gasteiger partial charge in [0.05, 0.1) is 6.61 Å². The lowest BCUT2D eigenvalue weighted by atomic mass is 10.1. The van der Waals surface area contributed by atoms with Gasteiger partial charge in [-0.25, -0.2) is 13.6 Å². The molecule has 1 aromatic rings. The van der Waals surface area contributed by atoms with E-state index in [1.165, 1.54) is 19.2 Å². The number of nitrogens with two attached hydrogens (primary N) is 2. The van der Waals surface area contributed by atoms with E-state index in [1.54, 1.807) is 0 Å². The van der Waals surface area contributed by atoms with Crippen LogP contribution in [0.15, 0.2) is 17.1 Å². The number of hydrogen-bond acceptors (Lipinski definition) is 7. The van der Waals surface area contributed by atoms with Crippen LogP contribution in [0.4, 0.5) is 14.6 Å². The first-order chi connectivity index (χ1) is 9.21. The van der Waals surface area contributed by atoms with Crippen molar-refractivity contribution in [2.45, 2.75) is 31.4 Å². The third-order valence-electron chi connectivity index (χ3n) is 2.62. The van der Waals surface area contributed by atoms with Crippen molar-refractivity contribution in [2.24, 2.45) is 5.73 Å². The molecule has 0 bridgehead atoms. The van der Waals surface area contributed by atoms with Crippen LogP contribution in [0.2, 0.25) is 0 Å². The fourth-order valence-corrected chi connectivity index (χ4v) is 1.49. The molecule has 0 amide bonds. The number of aliphatic hydroxyl groups is 2. The molecule has 0 saturated carbocycles. The highest BCUT2D eigenvalue weighted by molar-refractivity contribution is 5.23. The van der Waals surface area contributed by atoms with Crippen molar-refractivity contribution in [1.29, 1.82) is 0 Å². The van der Waals surface area contributed by atoms with Crippen LogP contribution in [0.1, 0.15) is 13.2 Å². The van der Waals surface area contributed by atoms with Gasteiger partial charge in [0.25, 0.3) is 6.43 Å². The molecule has 1 heterocycles. The predicted molar refractivity (Wildman–Crippen MR) is 64.7 cm³/mol. The topological polar surface area (TPSA) is 137 Å². The maximum absolute atomic E-state index is 12.5. The SMILES string of the molecule is CC(OC(N)(CO)C(O)C(F)F)n1ccc(N)nc1=O. The third-order valence-corrected chi connectivity index (χ3v) is 2.62. The standard InChI is InChI=1S/C10H16F2N4O4/c1-5(16-3-2-6(13)15-9(16)19)20-10(14,4-17)7(18)8(11)12/h2-3,5,7-8,17-18H,4,14H2,1H3,(H2,13,15,19). The maximum atomic E-state index is 12.5. The average molecular weight is 294 g/mol. The van der Waals surface area contributed by atoms with E-state index in [1.807, 2.05) is 0 Å². The molecule has 0 fully saturated rings. The second-order valence-corrected chi connectivity index (χ2v) is 4.15. The average Bonchev–Trinajstić information content (AvgIpc) is 2.37. The largest absolute Gasteiger partial charge is 0.392 e. The molecule has 10 heteroatoms. The highest BCUT2D eigenvalue weighted by atomic mass is 19.3. The van der Waals surface area contributed by atoms with Gasteiger partial charge in [-0.15, -0.1) is 0 Å². The van der Waals surface area contributed by atoms with Crippen LogP contribution in [0.5, 0.6) is 0 Å². The number of nitrogens with zero attached hydrogens (tertiary/aromatic N) is 2. The van der Waals surface area contributed by atoms with E-state index < -0.39 is 36.8 Å². The summed E-state index contributed by atoms with van der Waals surface area (Å²) in [5, 5.41) is 18.3. The number of alkyl halides is 2. The van der Waals surface area contributed by atoms with E-state index in [4.69, 9.17) is 21.3 Å². The predicted octanol–water partition coefficient (Wildman–Crippen LogP) is -1.37. The Hall–Kier alpha value is -1.62. The Morgan fingerprint density at radius 2 is 2.20 bits per heavy atom. The molecule has 0 radical (unpaired) electrons. The summed E-state index contributed by atoms with van der Waals surface area (Å²) in [4.78, 5) is 15.0. The zero-order valence-corrected chi connectivity index (χ0v) is 10.6. The molecule has 0 spiro atoms. The lowest BCUT2D eigenvalue weighted by molar-refractivity contribution is -0.216. The van der Waals surface area contributed by atoms with E-state index in [0.29, 0.717) is 0 Å². The Morgan fingerprint density at radius 1 is 1.60 bits per heavy atom. The molecule has 3 unspecified atom stereocenters. The van der Waals surface area contributed by atoms with Gasteiger partial charge >= 0.3 is 5.69 Å². The molecule has 1 rings (SSSR count). The molecule has 0 aromatic carbocycles. The van der Waals surface area contributed by atoms with E-state index in [-0.39, 0.29) is 5.82 Å². The van der Waals surface area contributed by atoms with E-state index >= 15 is 0 Å². The van der Waals surface area contributed by atoms with E-state index in [9.17, 15) is 18.7 Å². The van der Waals surface area contributed by atoms with Crippen molar-refractivity contribution in [1.82, 2.24) is 9.55 Å². The number of anilines is 1. The molecule has 3 atom stereocenters. The highest BCUT2D eigenvalue weighted by Gasteiger charge is 2.42. The molecular formula is C10H16F2N4O4. The number of halogens is 2. The second-order valence-electron chi connectivity index (χ2n) is 4.15. The van der Waals surface area contributed by atoms with Crippen LogP contribution < -0.4 is 17.2 Å². The van der Waals surface area contributed by atoms with Gasteiger partial charge in [0.2, 0.25) is 0 Å². The van der Waals surface area contributed by atoms with Gasteiger partial charge in [-0.05, 0) is 13.0 Å². The Kier molecular flexibility index (Phi) is 5.11. The van der Waals surface area contributed by atoms with Crippen LogP contribution in [0.25, 0.3) is 0 Å². The molecule has 0 aliphatic carbocycles. The fourth-order valence-electron chi connectivity index (χ4n) is 1.49. The zero-order chi connectivity index (χ0) is 15.5. The minimum atomic E-state index is -3.22. The molecule has 1 aromatic heterocycles. The number of ether oxygens (including phenoxy) is 1. The third kappa shape index (κ3) is 3.48. The Labute approximate surface area is 112 Å². The first-order valence-corrected chi connectivity index (χ1v) is 5.59. The Morgan fingerprint density at radius 3 is 2.65 bits per heavy atom. The molecule has 0 aliphatic heterocycles. The van der Waals surface area contributed by atoms with Crippen molar-refractivity contribution in [3.63, 3.8) is 0 Å². The van der Waals surface area contributed by atoms with Crippen molar-refractivity contribution < 1.29 is 23.7 Å². The summed E-state index contributed by atoms with van der Waals surface area (Å²) < 4.78 is 30.9. The van der Waals surface area contributed by atoms with Gasteiger partial charge in [-0.3, -0.25) is 10.3 Å². The van der Waals surface area contributed by atoms with Crippen LogP contribution in [-0.4, -0.2) is 44.6 Å². The molecule has 0 saturated heterocycles. The number of aliphatic hydroxyl groups excluding tert-OH is 2. The monoisotopic (exact) mass is 294 g/mol. The van der Waals surface area contributed by atoms with Gasteiger partial charge in [-0.1, -0.05) is 0 Å². The minimum Gasteiger partial charge on any atom is -0.392 e. The quantitative estimate of drug-likeness (QED) is 0.475. The molecule has 0 aliphatic rings. The summed E-state index contributed by atoms with van der Waals surface area (Å²) in [6.07, 6.45) is -5.57. The van der Waals surface area contributed by atoms with Crippen molar-refractivity contribution in [2.75, 3.05) is 12.3 Å². The number of aromatic nitrogens is 2. The van der Waals surface area contributed by atoms with Gasteiger partial charge in [0.1, 0.15) is 12.0 Å². The maximum Gasteiger partial charge on any atom is 0.351 e. The minimum absolute atomic E-state index is 0.0211. The summed E-state index contributed by atoms with van der Waals surface area (Å²) in [6, 6.07) is 1.29. The molecule has 20 heavy (non-hydrogen) atoms. The normalized spacial score (nSPS) is 17.8. The summed E-state index contributed by atoms with van der Waals surface area (Å²) in [5.74, 6) is -0.0211. The van der Waals surface area contributed by atoms with Crippen molar-refractivity contribution in [3.05, 3.63) is 22.7 Å². The molecular weight excluding hydrogens is 278 g/mol. The van der Waals surface area contributed by atoms with Crippen LogP contribution in [0, 0.1) is 0 Å². The van der Waals surface area contributed by atoms with E-state index in [0.717, 1.165) is 4.57 Å². The first-order valence-electron chi connectivity index (χ1n) is 5.59. The second kappa shape index (κ2) is 6.22. The zero-order valence-electron chi connectivity index (χ0n) is 10.6. The van der Waals surface area contributed by atoms with Crippen LogP contribution >= 0.6 is 0 Å². The van der Waals surface area contributed by atoms with Gasteiger partial charge < -0.3 is 20.7 Å². The van der Waals surface area contributed by atoms with Crippen LogP contribution in [0.3, 0.4) is 0 Å². The number of nitrogen functional groups attached to an aromatic ring is 1. The summed E-state index contributed by atoms with van der Waals surface area (Å²) in [7, 11) is 0. The lowest BCUT2D eigenvalue weighted by Gasteiger charge is -2.34. The van der Waals surface area contributed by atoms with Crippen LogP contribution in [-0.2, 0) is 4.74 Å². The van der Waals surface area contributed by atoms with E-state index in [2.05, 4.69) is 4.98 Å². The summed E-state index contributed by atoms with van der Waals surface area (Å²) >= 11 is 0. The van der Waals surface area contributed by atoms with Crippen molar-refractivity contribution >= 4 is 5.82 Å². The Bertz CT molecular complexity index is 512. The highest BCUT2D eigenvalue weighted by Crippen LogP contribution is 2.21. The number of rotatable bonds is 6. The van der Waals surface area contributed by atoms with Crippen molar-refractivity contribution in [3.8, 4) is 0 Å². The molecule has 6 N–H and O–H groups in total. The van der Waals surface area contributed by atoms with Gasteiger partial charge in [-0.2, -0.15) is 4.98 Å². The lowest BCUT2D eigenvalue weighted by Crippen LogP contribution is -2.59. The van der Waals surface area contributed by atoms with Gasteiger partial charge in [0.15, 0.2) is 11.8 Å². The first kappa shape index (κ1) is 16.4. The molecule has 8 nitrogen and oxygen atoms in total. The Balaban J connectivity index is 2.97. The molecule has 114 valence electrons. The van der Waals surface area contributed by atoms with Gasteiger partial charge in [0, 0.05) is 6.20 Å². The summed E-state index contributed by atoms with van der Waals surface area (Å²) in [5.41, 5.74) is 7.49. The number of hydrogen-bond donors (Lipinski definition) is 4.